The molecule has 20 heavy (non-hydrogen) atoms. The molecule has 104 valence electrons. The number of hydrazine groups is 1. The lowest BCUT2D eigenvalue weighted by Crippen LogP contribution is -2.29. The number of hydrogen-bond acceptors (Lipinski definition) is 4. The minimum absolute atomic E-state index is 0.0254. The molecule has 0 fully saturated rings. The molecule has 0 spiro atoms. The van der Waals surface area contributed by atoms with Crippen LogP contribution in [0.3, 0.4) is 0 Å². The van der Waals surface area contributed by atoms with Gasteiger partial charge in [0.25, 0.3) is 0 Å². The van der Waals surface area contributed by atoms with Crippen molar-refractivity contribution in [2.75, 3.05) is 0 Å². The van der Waals surface area contributed by atoms with Crippen LogP contribution in [-0.4, -0.2) is 0 Å². The van der Waals surface area contributed by atoms with Gasteiger partial charge >= 0.3 is 0 Å². The fourth-order valence-corrected chi connectivity index (χ4v) is 4.53. The molecule has 0 aliphatic carbocycles. The summed E-state index contributed by atoms with van der Waals surface area (Å²) >= 11 is 9.50. The lowest BCUT2D eigenvalue weighted by molar-refractivity contribution is 0.559. The summed E-state index contributed by atoms with van der Waals surface area (Å²) in [5, 5.41) is 2.51. The first-order valence-corrected chi connectivity index (χ1v) is 8.12. The second-order valence-corrected chi connectivity index (χ2v) is 6.93. The van der Waals surface area contributed by atoms with Crippen LogP contribution in [-0.2, 0) is 6.42 Å². The van der Waals surface area contributed by atoms with E-state index in [4.69, 9.17) is 17.4 Å². The van der Waals surface area contributed by atoms with E-state index in [0.29, 0.717) is 11.4 Å². The Balaban J connectivity index is 1.88. The molecule has 6 heteroatoms. The van der Waals surface area contributed by atoms with Crippen molar-refractivity contribution in [2.45, 2.75) is 12.5 Å². The summed E-state index contributed by atoms with van der Waals surface area (Å²) in [7, 11) is 0. The molecule has 3 N–H and O–H groups in total. The van der Waals surface area contributed by atoms with Crippen molar-refractivity contribution in [1.29, 1.82) is 0 Å². The van der Waals surface area contributed by atoms with E-state index >= 15 is 0 Å². The van der Waals surface area contributed by atoms with Crippen LogP contribution >= 0.6 is 34.3 Å². The lowest BCUT2D eigenvalue weighted by atomic mass is 10.1. The Hall–Kier alpha value is -0.980. The highest BCUT2D eigenvalue weighted by Crippen LogP contribution is 2.35. The molecule has 2 nitrogen and oxygen atoms in total. The van der Waals surface area contributed by atoms with Crippen LogP contribution in [0.15, 0.2) is 35.7 Å². The molecular formula is C14H12ClFN2S2. The second kappa shape index (κ2) is 5.79. The van der Waals surface area contributed by atoms with Gasteiger partial charge in [0.1, 0.15) is 5.82 Å². The monoisotopic (exact) mass is 326 g/mol. The van der Waals surface area contributed by atoms with Gasteiger partial charge in [-0.1, -0.05) is 17.7 Å². The molecule has 0 bridgehead atoms. The number of benzene rings is 1. The van der Waals surface area contributed by atoms with Crippen LogP contribution in [0.25, 0.3) is 9.40 Å². The summed E-state index contributed by atoms with van der Waals surface area (Å²) in [6.07, 6.45) is 0.628. The number of nitrogens with one attached hydrogen (secondary N) is 1. The first-order valence-electron chi connectivity index (χ1n) is 6.04. The fraction of sp³-hybridized carbons (Fsp3) is 0.143. The summed E-state index contributed by atoms with van der Waals surface area (Å²) in [5.74, 6) is 5.34. The van der Waals surface area contributed by atoms with Crippen molar-refractivity contribution in [3.05, 3.63) is 57.0 Å². The predicted molar refractivity (Wildman–Crippen MR) is 84.9 cm³/mol. The van der Waals surface area contributed by atoms with Crippen molar-refractivity contribution in [2.24, 2.45) is 5.84 Å². The summed E-state index contributed by atoms with van der Waals surface area (Å²) in [6.45, 7) is 0. The Labute approximate surface area is 129 Å². The number of thiophene rings is 2. The number of nitrogens with two attached hydrogens (primary N) is 1. The van der Waals surface area contributed by atoms with E-state index in [1.165, 1.54) is 21.5 Å². The van der Waals surface area contributed by atoms with Crippen molar-refractivity contribution >= 4 is 43.7 Å². The molecule has 1 aromatic carbocycles. The van der Waals surface area contributed by atoms with Gasteiger partial charge in [-0.25, -0.2) is 4.39 Å². The average Bonchev–Trinajstić information content (AvgIpc) is 2.98. The maximum absolute atomic E-state index is 13.1. The van der Waals surface area contributed by atoms with E-state index in [-0.39, 0.29) is 11.9 Å². The molecule has 1 unspecified atom stereocenters. The highest BCUT2D eigenvalue weighted by atomic mass is 35.5. The van der Waals surface area contributed by atoms with E-state index in [1.54, 1.807) is 28.7 Å². The first kappa shape index (κ1) is 14.0. The van der Waals surface area contributed by atoms with Gasteiger partial charge in [0.05, 0.1) is 6.04 Å². The average molecular weight is 327 g/mol. The Kier molecular flexibility index (Phi) is 4.05. The molecule has 1 atom stereocenters. The zero-order valence-corrected chi connectivity index (χ0v) is 12.8. The molecule has 0 amide bonds. The van der Waals surface area contributed by atoms with Gasteiger partial charge < -0.3 is 0 Å². The van der Waals surface area contributed by atoms with Gasteiger partial charge in [-0.15, -0.1) is 22.7 Å². The fourth-order valence-electron chi connectivity index (χ4n) is 2.10. The summed E-state index contributed by atoms with van der Waals surface area (Å²) in [5.41, 5.74) is 3.70. The third kappa shape index (κ3) is 2.73. The Morgan fingerprint density at radius 1 is 1.25 bits per heavy atom. The summed E-state index contributed by atoms with van der Waals surface area (Å²) in [4.78, 5) is 1.16. The first-order chi connectivity index (χ1) is 9.67. The molecule has 0 saturated carbocycles. The summed E-state index contributed by atoms with van der Waals surface area (Å²) < 4.78 is 15.6. The Bertz CT molecular complexity index is 709. The SMILES string of the molecule is NNC(Cc1ccc(F)cc1Cl)c1cc2sccc2s1. The molecule has 3 aromatic rings. The van der Waals surface area contributed by atoms with Crippen LogP contribution in [0.2, 0.25) is 5.02 Å². The van der Waals surface area contributed by atoms with Gasteiger partial charge in [0, 0.05) is 19.3 Å². The zero-order chi connectivity index (χ0) is 14.1. The van der Waals surface area contributed by atoms with Crippen molar-refractivity contribution in [1.82, 2.24) is 5.43 Å². The Morgan fingerprint density at radius 3 is 2.80 bits per heavy atom. The highest BCUT2D eigenvalue weighted by Gasteiger charge is 2.16. The van der Waals surface area contributed by atoms with Crippen LogP contribution in [0.4, 0.5) is 4.39 Å². The van der Waals surface area contributed by atoms with Crippen LogP contribution in [0.1, 0.15) is 16.5 Å². The Morgan fingerprint density at radius 2 is 2.10 bits per heavy atom. The van der Waals surface area contributed by atoms with Gasteiger partial charge in [-0.3, -0.25) is 11.3 Å². The van der Waals surface area contributed by atoms with Crippen molar-refractivity contribution in [3.8, 4) is 0 Å². The van der Waals surface area contributed by atoms with Crippen LogP contribution in [0.5, 0.6) is 0 Å². The van der Waals surface area contributed by atoms with Gasteiger partial charge in [-0.2, -0.15) is 0 Å². The molecule has 2 heterocycles. The predicted octanol–water partition coefficient (Wildman–Crippen LogP) is 4.50. The topological polar surface area (TPSA) is 38.0 Å². The number of hydrogen-bond donors (Lipinski definition) is 2. The second-order valence-electron chi connectivity index (χ2n) is 4.46. The molecule has 0 aliphatic heterocycles. The van der Waals surface area contributed by atoms with Crippen molar-refractivity contribution < 1.29 is 4.39 Å². The van der Waals surface area contributed by atoms with E-state index < -0.39 is 0 Å². The van der Waals surface area contributed by atoms with E-state index in [0.717, 1.165) is 10.4 Å². The standard InChI is InChI=1S/C14H12ClFN2S2/c15-10-6-9(16)2-1-8(10)5-11(18-17)13-7-14-12(20-13)3-4-19-14/h1-4,6-7,11,18H,5,17H2. The maximum atomic E-state index is 13.1. The quantitative estimate of drug-likeness (QED) is 0.547. The van der Waals surface area contributed by atoms with Gasteiger partial charge in [0.15, 0.2) is 0 Å². The normalized spacial score (nSPS) is 12.9. The van der Waals surface area contributed by atoms with Crippen LogP contribution in [0, 0.1) is 5.82 Å². The third-order valence-electron chi connectivity index (χ3n) is 3.14. The molecular weight excluding hydrogens is 315 g/mol. The minimum atomic E-state index is -0.326. The summed E-state index contributed by atoms with van der Waals surface area (Å²) in [6, 6.07) is 8.68. The lowest BCUT2D eigenvalue weighted by Gasteiger charge is -2.15. The van der Waals surface area contributed by atoms with Crippen LogP contribution < -0.4 is 11.3 Å². The molecule has 0 aliphatic rings. The third-order valence-corrected chi connectivity index (χ3v) is 5.70. The molecule has 2 aromatic heterocycles. The van der Waals surface area contributed by atoms with E-state index in [9.17, 15) is 4.39 Å². The molecule has 0 saturated heterocycles. The van der Waals surface area contributed by atoms with E-state index in [1.807, 2.05) is 0 Å². The minimum Gasteiger partial charge on any atom is -0.271 e. The number of fused-ring (bicyclic) bond motifs is 1. The van der Waals surface area contributed by atoms with E-state index in [2.05, 4.69) is 22.9 Å². The molecule has 3 rings (SSSR count). The highest BCUT2D eigenvalue weighted by molar-refractivity contribution is 7.26. The maximum Gasteiger partial charge on any atom is 0.124 e. The van der Waals surface area contributed by atoms with Crippen molar-refractivity contribution in [3.63, 3.8) is 0 Å². The number of halogens is 2. The molecule has 0 radical (unpaired) electrons. The largest absolute Gasteiger partial charge is 0.271 e. The van der Waals surface area contributed by atoms with Gasteiger partial charge in [0.2, 0.25) is 0 Å². The number of rotatable bonds is 4. The zero-order valence-electron chi connectivity index (χ0n) is 10.4. The smallest absolute Gasteiger partial charge is 0.124 e. The van der Waals surface area contributed by atoms with Gasteiger partial charge in [-0.05, 0) is 41.6 Å².